The first kappa shape index (κ1) is 33.2. The average molecular weight is 730 g/mol. The highest BCUT2D eigenvalue weighted by Crippen LogP contribution is 2.52. The normalized spacial score (nSPS) is 12.9. The summed E-state index contributed by atoms with van der Waals surface area (Å²) in [5.41, 5.74) is 17.3. The fourth-order valence-corrected chi connectivity index (χ4v) is 9.14. The third-order valence-electron chi connectivity index (χ3n) is 12.1. The largest absolute Gasteiger partial charge is 0.455 e. The van der Waals surface area contributed by atoms with E-state index in [0.29, 0.717) is 0 Å². The van der Waals surface area contributed by atoms with Gasteiger partial charge in [0.15, 0.2) is 0 Å². The molecule has 10 aromatic rings. The van der Waals surface area contributed by atoms with Gasteiger partial charge in [0, 0.05) is 27.7 Å². The zero-order valence-corrected chi connectivity index (χ0v) is 31.9. The highest BCUT2D eigenvalue weighted by Gasteiger charge is 2.35. The fraction of sp³-hybridized carbons (Fsp3) is 0.0545. The van der Waals surface area contributed by atoms with E-state index in [-0.39, 0.29) is 5.41 Å². The number of hydrogen-bond donors (Lipinski definition) is 0. The molecule has 0 N–H and O–H groups in total. The molecule has 0 saturated heterocycles. The van der Waals surface area contributed by atoms with E-state index in [9.17, 15) is 0 Å². The third kappa shape index (κ3) is 5.40. The summed E-state index contributed by atoms with van der Waals surface area (Å²) in [5.74, 6) is 0. The Bertz CT molecular complexity index is 3130. The lowest BCUT2D eigenvalue weighted by atomic mass is 9.82. The summed E-state index contributed by atoms with van der Waals surface area (Å²) in [6, 6.07) is 72.6. The Morgan fingerprint density at radius 2 is 1.00 bits per heavy atom. The van der Waals surface area contributed by atoms with Crippen molar-refractivity contribution in [1.29, 1.82) is 0 Å². The number of para-hydroxylation sites is 1. The minimum atomic E-state index is -0.0808. The van der Waals surface area contributed by atoms with Crippen LogP contribution in [0.2, 0.25) is 0 Å². The van der Waals surface area contributed by atoms with Crippen LogP contribution >= 0.6 is 0 Å². The molecule has 2 nitrogen and oxygen atoms in total. The Labute approximate surface area is 332 Å². The van der Waals surface area contributed by atoms with Crippen molar-refractivity contribution in [2.24, 2.45) is 0 Å². The van der Waals surface area contributed by atoms with E-state index in [1.54, 1.807) is 0 Å². The van der Waals surface area contributed by atoms with Crippen molar-refractivity contribution in [3.8, 4) is 44.5 Å². The summed E-state index contributed by atoms with van der Waals surface area (Å²) in [7, 11) is 0. The minimum Gasteiger partial charge on any atom is -0.455 e. The van der Waals surface area contributed by atoms with E-state index in [4.69, 9.17) is 4.42 Å². The predicted octanol–water partition coefficient (Wildman–Crippen LogP) is 15.5. The molecule has 0 atom stereocenters. The maximum Gasteiger partial charge on any atom is 0.145 e. The molecule has 0 saturated carbocycles. The maximum atomic E-state index is 6.85. The molecule has 0 bridgehead atoms. The van der Waals surface area contributed by atoms with Gasteiger partial charge < -0.3 is 9.32 Å². The summed E-state index contributed by atoms with van der Waals surface area (Å²) >= 11 is 0. The van der Waals surface area contributed by atoms with Crippen molar-refractivity contribution < 1.29 is 4.42 Å². The number of nitrogens with zero attached hydrogens (tertiary/aromatic N) is 1. The van der Waals surface area contributed by atoms with E-state index < -0.39 is 0 Å². The fourth-order valence-electron chi connectivity index (χ4n) is 9.14. The van der Waals surface area contributed by atoms with Gasteiger partial charge in [0.05, 0.1) is 11.1 Å². The van der Waals surface area contributed by atoms with Crippen LogP contribution in [0.5, 0.6) is 0 Å². The highest BCUT2D eigenvalue weighted by molar-refractivity contribution is 6.17. The molecular formula is C55H39NO. The molecule has 0 amide bonds. The predicted molar refractivity (Wildman–Crippen MR) is 240 cm³/mol. The van der Waals surface area contributed by atoms with Crippen LogP contribution in [0.25, 0.3) is 77.2 Å². The van der Waals surface area contributed by atoms with Gasteiger partial charge in [-0.15, -0.1) is 0 Å². The van der Waals surface area contributed by atoms with Gasteiger partial charge in [-0.25, -0.2) is 0 Å². The second kappa shape index (κ2) is 13.0. The molecule has 0 aliphatic heterocycles. The second-order valence-electron chi connectivity index (χ2n) is 15.7. The van der Waals surface area contributed by atoms with Gasteiger partial charge in [-0.2, -0.15) is 0 Å². The third-order valence-corrected chi connectivity index (χ3v) is 12.1. The number of hydrogen-bond acceptors (Lipinski definition) is 2. The molecular weight excluding hydrogens is 691 g/mol. The first-order valence-corrected chi connectivity index (χ1v) is 19.8. The second-order valence-corrected chi connectivity index (χ2v) is 15.7. The summed E-state index contributed by atoms with van der Waals surface area (Å²) in [5, 5.41) is 4.62. The van der Waals surface area contributed by atoms with Crippen LogP contribution in [-0.4, -0.2) is 0 Å². The lowest BCUT2D eigenvalue weighted by Crippen LogP contribution is -2.15. The zero-order chi connectivity index (χ0) is 38.1. The average Bonchev–Trinajstić information content (AvgIpc) is 3.77. The summed E-state index contributed by atoms with van der Waals surface area (Å²) in [6.45, 7) is 4.68. The van der Waals surface area contributed by atoms with E-state index >= 15 is 0 Å². The Balaban J connectivity index is 1.10. The number of fused-ring (bicyclic) bond motifs is 7. The van der Waals surface area contributed by atoms with Gasteiger partial charge >= 0.3 is 0 Å². The van der Waals surface area contributed by atoms with Crippen LogP contribution in [-0.2, 0) is 5.41 Å². The van der Waals surface area contributed by atoms with Crippen molar-refractivity contribution in [2.45, 2.75) is 19.3 Å². The standard InChI is InChI=1S/C55H39NO/c1-55(2)49-18-10-8-16-46(49)48-35-44(30-32-50(48)55)56(43-28-26-40(27-29-43)39-22-20-38(21-23-39)36-12-4-3-5-13-36)51-33-31-45(42-25-24-37-14-6-7-15-41(37)34-42)54-53(51)47-17-9-11-19-52(47)57-54/h3-35H,1-2H3. The van der Waals surface area contributed by atoms with Crippen LogP contribution in [0.15, 0.2) is 205 Å². The molecule has 57 heavy (non-hydrogen) atoms. The van der Waals surface area contributed by atoms with E-state index in [1.165, 1.54) is 55.3 Å². The minimum absolute atomic E-state index is 0.0808. The summed E-state index contributed by atoms with van der Waals surface area (Å²) in [6.07, 6.45) is 0. The van der Waals surface area contributed by atoms with Crippen molar-refractivity contribution in [3.05, 3.63) is 211 Å². The Kier molecular flexibility index (Phi) is 7.55. The van der Waals surface area contributed by atoms with Gasteiger partial charge in [0.1, 0.15) is 11.2 Å². The van der Waals surface area contributed by atoms with Gasteiger partial charge in [-0.05, 0) is 109 Å². The van der Waals surface area contributed by atoms with Crippen LogP contribution in [0.3, 0.4) is 0 Å². The van der Waals surface area contributed by atoms with Gasteiger partial charge in [-0.3, -0.25) is 0 Å². The number of anilines is 3. The smallest absolute Gasteiger partial charge is 0.145 e. The Morgan fingerprint density at radius 1 is 0.404 bits per heavy atom. The zero-order valence-electron chi connectivity index (χ0n) is 31.9. The number of furan rings is 1. The van der Waals surface area contributed by atoms with Crippen LogP contribution in [0.1, 0.15) is 25.0 Å². The first-order valence-electron chi connectivity index (χ1n) is 19.8. The Hall–Kier alpha value is -7.16. The van der Waals surface area contributed by atoms with Crippen LogP contribution in [0, 0.1) is 0 Å². The molecule has 1 aliphatic carbocycles. The van der Waals surface area contributed by atoms with Crippen molar-refractivity contribution in [3.63, 3.8) is 0 Å². The van der Waals surface area contributed by atoms with E-state index in [0.717, 1.165) is 50.1 Å². The number of rotatable bonds is 6. The maximum absolute atomic E-state index is 6.85. The van der Waals surface area contributed by atoms with Crippen LogP contribution < -0.4 is 4.90 Å². The topological polar surface area (TPSA) is 16.4 Å². The summed E-state index contributed by atoms with van der Waals surface area (Å²) < 4.78 is 6.85. The molecule has 0 fully saturated rings. The number of benzene rings is 9. The molecule has 0 unspecified atom stereocenters. The van der Waals surface area contributed by atoms with Gasteiger partial charge in [0.25, 0.3) is 0 Å². The first-order chi connectivity index (χ1) is 28.0. The van der Waals surface area contributed by atoms with E-state index in [1.807, 2.05) is 0 Å². The van der Waals surface area contributed by atoms with Crippen molar-refractivity contribution >= 4 is 49.8 Å². The summed E-state index contributed by atoms with van der Waals surface area (Å²) in [4.78, 5) is 2.42. The highest BCUT2D eigenvalue weighted by atomic mass is 16.3. The van der Waals surface area contributed by atoms with Crippen molar-refractivity contribution in [2.75, 3.05) is 4.90 Å². The van der Waals surface area contributed by atoms with Crippen LogP contribution in [0.4, 0.5) is 17.1 Å². The monoisotopic (exact) mass is 729 g/mol. The lowest BCUT2D eigenvalue weighted by Gasteiger charge is -2.28. The SMILES string of the molecule is CC1(C)c2ccccc2-c2cc(N(c3ccc(-c4ccc(-c5ccccc5)cc4)cc3)c3ccc(-c4ccc5ccccc5c4)c4oc5ccccc5c34)ccc21. The van der Waals surface area contributed by atoms with Crippen molar-refractivity contribution in [1.82, 2.24) is 0 Å². The van der Waals surface area contributed by atoms with Gasteiger partial charge in [0.2, 0.25) is 0 Å². The molecule has 0 radical (unpaired) electrons. The van der Waals surface area contributed by atoms with Gasteiger partial charge in [-0.1, -0.05) is 166 Å². The molecule has 1 heterocycles. The molecule has 1 aliphatic rings. The lowest BCUT2D eigenvalue weighted by molar-refractivity contribution is 0.660. The van der Waals surface area contributed by atoms with E-state index in [2.05, 4.69) is 219 Å². The molecule has 9 aromatic carbocycles. The molecule has 11 rings (SSSR count). The Morgan fingerprint density at radius 3 is 1.79 bits per heavy atom. The molecule has 1 aromatic heterocycles. The molecule has 0 spiro atoms. The quantitative estimate of drug-likeness (QED) is 0.169. The molecule has 270 valence electrons. The molecule has 2 heteroatoms.